The average molecular weight is 197 g/mol. The standard InChI is InChI=1S/C10H19N3O/c1-2-10(14)13-5-3-12(4-6-13)9-7-11-8-9/h9,11H,2-8H2,1H3. The van der Waals surface area contributed by atoms with Crippen molar-refractivity contribution in [1.82, 2.24) is 15.1 Å². The molecule has 80 valence electrons. The number of carbonyl (C=O) groups is 1. The zero-order chi connectivity index (χ0) is 9.97. The molecular weight excluding hydrogens is 178 g/mol. The van der Waals surface area contributed by atoms with E-state index in [-0.39, 0.29) is 0 Å². The summed E-state index contributed by atoms with van der Waals surface area (Å²) in [7, 11) is 0. The first-order valence-corrected chi connectivity index (χ1v) is 5.54. The van der Waals surface area contributed by atoms with Gasteiger partial charge >= 0.3 is 0 Å². The van der Waals surface area contributed by atoms with Gasteiger partial charge in [0.05, 0.1) is 0 Å². The molecule has 2 fully saturated rings. The third kappa shape index (κ3) is 1.91. The van der Waals surface area contributed by atoms with Gasteiger partial charge in [0.15, 0.2) is 0 Å². The van der Waals surface area contributed by atoms with Gasteiger partial charge < -0.3 is 10.2 Å². The van der Waals surface area contributed by atoms with Gasteiger partial charge in [-0.3, -0.25) is 9.69 Å². The van der Waals surface area contributed by atoms with Gasteiger partial charge in [-0.2, -0.15) is 0 Å². The molecule has 0 aromatic carbocycles. The molecule has 4 nitrogen and oxygen atoms in total. The molecule has 14 heavy (non-hydrogen) atoms. The third-order valence-electron chi connectivity index (χ3n) is 3.25. The summed E-state index contributed by atoms with van der Waals surface area (Å²) < 4.78 is 0. The Bertz CT molecular complexity index is 207. The highest BCUT2D eigenvalue weighted by atomic mass is 16.2. The molecular formula is C10H19N3O. The summed E-state index contributed by atoms with van der Waals surface area (Å²) in [4.78, 5) is 15.9. The normalized spacial score (nSPS) is 24.8. The summed E-state index contributed by atoms with van der Waals surface area (Å²) in [6.07, 6.45) is 0.644. The van der Waals surface area contributed by atoms with Crippen LogP contribution < -0.4 is 5.32 Å². The minimum absolute atomic E-state index is 0.302. The van der Waals surface area contributed by atoms with Crippen LogP contribution in [-0.4, -0.2) is 61.0 Å². The summed E-state index contributed by atoms with van der Waals surface area (Å²) in [5, 5.41) is 3.28. The van der Waals surface area contributed by atoms with Crippen LogP contribution >= 0.6 is 0 Å². The number of nitrogens with zero attached hydrogens (tertiary/aromatic N) is 2. The van der Waals surface area contributed by atoms with Gasteiger partial charge in [-0.25, -0.2) is 0 Å². The summed E-state index contributed by atoms with van der Waals surface area (Å²) in [5.74, 6) is 0.302. The zero-order valence-corrected chi connectivity index (χ0v) is 8.83. The van der Waals surface area contributed by atoms with E-state index >= 15 is 0 Å². The lowest BCUT2D eigenvalue weighted by molar-refractivity contribution is -0.133. The summed E-state index contributed by atoms with van der Waals surface area (Å²) >= 11 is 0. The van der Waals surface area contributed by atoms with Crippen LogP contribution in [0.15, 0.2) is 0 Å². The van der Waals surface area contributed by atoms with Crippen LogP contribution in [-0.2, 0) is 4.79 Å². The Hall–Kier alpha value is -0.610. The minimum atomic E-state index is 0.302. The largest absolute Gasteiger partial charge is 0.340 e. The maximum atomic E-state index is 11.4. The first-order chi connectivity index (χ1) is 6.81. The molecule has 2 aliphatic rings. The molecule has 0 aromatic rings. The second-order valence-electron chi connectivity index (χ2n) is 4.08. The van der Waals surface area contributed by atoms with E-state index in [1.807, 2.05) is 11.8 Å². The van der Waals surface area contributed by atoms with Crippen LogP contribution in [0.4, 0.5) is 0 Å². The summed E-state index contributed by atoms with van der Waals surface area (Å²) in [5.41, 5.74) is 0. The Balaban J connectivity index is 1.76. The maximum absolute atomic E-state index is 11.4. The van der Waals surface area contributed by atoms with E-state index in [4.69, 9.17) is 0 Å². The molecule has 2 aliphatic heterocycles. The van der Waals surface area contributed by atoms with E-state index in [0.717, 1.165) is 45.3 Å². The number of rotatable bonds is 2. The SMILES string of the molecule is CCC(=O)N1CCN(C2CNC2)CC1. The van der Waals surface area contributed by atoms with Gasteiger partial charge in [0.2, 0.25) is 5.91 Å². The van der Waals surface area contributed by atoms with E-state index in [1.165, 1.54) is 0 Å². The molecule has 0 atom stereocenters. The van der Waals surface area contributed by atoms with Crippen molar-refractivity contribution < 1.29 is 4.79 Å². The zero-order valence-electron chi connectivity index (χ0n) is 8.83. The molecule has 2 saturated heterocycles. The van der Waals surface area contributed by atoms with Crippen LogP contribution in [0, 0.1) is 0 Å². The van der Waals surface area contributed by atoms with E-state index in [9.17, 15) is 4.79 Å². The van der Waals surface area contributed by atoms with Crippen molar-refractivity contribution in [2.24, 2.45) is 0 Å². The Morgan fingerprint density at radius 1 is 1.29 bits per heavy atom. The summed E-state index contributed by atoms with van der Waals surface area (Å²) in [6, 6.07) is 0.730. The molecule has 1 amide bonds. The highest BCUT2D eigenvalue weighted by molar-refractivity contribution is 5.75. The second-order valence-corrected chi connectivity index (χ2v) is 4.08. The minimum Gasteiger partial charge on any atom is -0.340 e. The van der Waals surface area contributed by atoms with Crippen LogP contribution in [0.5, 0.6) is 0 Å². The molecule has 2 rings (SSSR count). The Labute approximate surface area is 85.2 Å². The van der Waals surface area contributed by atoms with Crippen LogP contribution in [0.1, 0.15) is 13.3 Å². The first kappa shape index (κ1) is 9.93. The fourth-order valence-electron chi connectivity index (χ4n) is 2.09. The number of amides is 1. The smallest absolute Gasteiger partial charge is 0.222 e. The molecule has 0 spiro atoms. The predicted octanol–water partition coefficient (Wildman–Crippen LogP) is -0.488. The average Bonchev–Trinajstić information content (AvgIpc) is 2.15. The predicted molar refractivity (Wildman–Crippen MR) is 55.1 cm³/mol. The van der Waals surface area contributed by atoms with E-state index in [1.54, 1.807) is 0 Å². The van der Waals surface area contributed by atoms with Crippen LogP contribution in [0.25, 0.3) is 0 Å². The number of hydrogen-bond acceptors (Lipinski definition) is 3. The molecule has 2 heterocycles. The highest BCUT2D eigenvalue weighted by Gasteiger charge is 2.28. The monoisotopic (exact) mass is 197 g/mol. The third-order valence-corrected chi connectivity index (χ3v) is 3.25. The number of hydrogen-bond donors (Lipinski definition) is 1. The Morgan fingerprint density at radius 2 is 1.93 bits per heavy atom. The van der Waals surface area contributed by atoms with E-state index in [2.05, 4.69) is 10.2 Å². The van der Waals surface area contributed by atoms with Crippen molar-refractivity contribution in [2.45, 2.75) is 19.4 Å². The van der Waals surface area contributed by atoms with Gasteiger partial charge in [0, 0.05) is 51.7 Å². The molecule has 0 bridgehead atoms. The number of carbonyl (C=O) groups excluding carboxylic acids is 1. The highest BCUT2D eigenvalue weighted by Crippen LogP contribution is 2.10. The van der Waals surface area contributed by atoms with Gasteiger partial charge in [-0.15, -0.1) is 0 Å². The quantitative estimate of drug-likeness (QED) is 0.649. The number of nitrogens with one attached hydrogen (secondary N) is 1. The lowest BCUT2D eigenvalue weighted by Crippen LogP contribution is -2.62. The van der Waals surface area contributed by atoms with Crippen molar-refractivity contribution in [2.75, 3.05) is 39.3 Å². The topological polar surface area (TPSA) is 35.6 Å². The van der Waals surface area contributed by atoms with Crippen molar-refractivity contribution in [3.63, 3.8) is 0 Å². The van der Waals surface area contributed by atoms with Gasteiger partial charge in [-0.05, 0) is 0 Å². The number of piperazine rings is 1. The van der Waals surface area contributed by atoms with Crippen molar-refractivity contribution >= 4 is 5.91 Å². The van der Waals surface area contributed by atoms with Gasteiger partial charge in [0.1, 0.15) is 0 Å². The molecule has 0 radical (unpaired) electrons. The fourth-order valence-corrected chi connectivity index (χ4v) is 2.09. The van der Waals surface area contributed by atoms with Gasteiger partial charge in [-0.1, -0.05) is 6.92 Å². The molecule has 1 N–H and O–H groups in total. The van der Waals surface area contributed by atoms with Crippen molar-refractivity contribution in [1.29, 1.82) is 0 Å². The van der Waals surface area contributed by atoms with E-state index in [0.29, 0.717) is 12.3 Å². The Kier molecular flexibility index (Phi) is 3.03. The van der Waals surface area contributed by atoms with Crippen LogP contribution in [0.3, 0.4) is 0 Å². The van der Waals surface area contributed by atoms with Crippen LogP contribution in [0.2, 0.25) is 0 Å². The van der Waals surface area contributed by atoms with E-state index < -0.39 is 0 Å². The fraction of sp³-hybridized carbons (Fsp3) is 0.900. The molecule has 4 heteroatoms. The molecule has 0 unspecified atom stereocenters. The first-order valence-electron chi connectivity index (χ1n) is 5.54. The lowest BCUT2D eigenvalue weighted by atomic mass is 10.1. The molecule has 0 aliphatic carbocycles. The van der Waals surface area contributed by atoms with Gasteiger partial charge in [0.25, 0.3) is 0 Å². The second kappa shape index (κ2) is 4.28. The Morgan fingerprint density at radius 3 is 2.36 bits per heavy atom. The molecule has 0 aromatic heterocycles. The molecule has 0 saturated carbocycles. The summed E-state index contributed by atoms with van der Waals surface area (Å²) in [6.45, 7) is 8.14. The van der Waals surface area contributed by atoms with Crippen molar-refractivity contribution in [3.05, 3.63) is 0 Å². The van der Waals surface area contributed by atoms with Crippen molar-refractivity contribution in [3.8, 4) is 0 Å². The lowest BCUT2D eigenvalue weighted by Gasteiger charge is -2.43. The maximum Gasteiger partial charge on any atom is 0.222 e.